The van der Waals surface area contributed by atoms with Gasteiger partial charge in [-0.1, -0.05) is 41.6 Å². The predicted octanol–water partition coefficient (Wildman–Crippen LogP) is 4.46. The maximum absolute atomic E-state index is 12.9. The van der Waals surface area contributed by atoms with Crippen molar-refractivity contribution in [3.05, 3.63) is 95.6 Å². The molecule has 0 N–H and O–H groups in total. The molecule has 4 aromatic heterocycles. The molecule has 0 unspecified atom stereocenters. The maximum atomic E-state index is 12.9. The molecular weight excluding hydrogens is 426 g/mol. The van der Waals surface area contributed by atoms with E-state index in [1.807, 2.05) is 53.9 Å². The van der Waals surface area contributed by atoms with Crippen LogP contribution in [0.2, 0.25) is 0 Å². The van der Waals surface area contributed by atoms with E-state index < -0.39 is 5.97 Å². The summed E-state index contributed by atoms with van der Waals surface area (Å²) >= 11 is 1.51. The summed E-state index contributed by atoms with van der Waals surface area (Å²) < 4.78 is 12.4. The summed E-state index contributed by atoms with van der Waals surface area (Å²) in [6.45, 7) is 0.407. The first kappa shape index (κ1) is 19.8. The molecule has 5 aromatic rings. The molecule has 0 radical (unpaired) electrons. The van der Waals surface area contributed by atoms with Crippen LogP contribution < -0.4 is 0 Å². The lowest BCUT2D eigenvalue weighted by atomic mass is 10.2. The number of ether oxygens (including phenoxy) is 1. The fourth-order valence-corrected chi connectivity index (χ4v) is 3.87. The van der Waals surface area contributed by atoms with Crippen molar-refractivity contribution in [2.24, 2.45) is 0 Å². The van der Waals surface area contributed by atoms with Crippen LogP contribution in [-0.2, 0) is 17.9 Å². The van der Waals surface area contributed by atoms with Gasteiger partial charge >= 0.3 is 5.97 Å². The Balaban J connectivity index is 1.34. The standard InChI is InChI=1S/C23H17N5O3S/c29-23(30-15-20-25-22(27-31-20)17-8-4-10-24-12-17)18-14-28(13-16-6-2-1-3-7-16)26-21(18)19-9-5-11-32-19/h1-12,14H,13,15H2. The SMILES string of the molecule is O=C(OCc1nc(-c2cccnc2)no1)c1cn(Cc2ccccc2)nc1-c1cccs1. The van der Waals surface area contributed by atoms with Crippen molar-refractivity contribution < 1.29 is 14.1 Å². The van der Waals surface area contributed by atoms with Gasteiger partial charge in [0.15, 0.2) is 6.61 Å². The molecule has 158 valence electrons. The highest BCUT2D eigenvalue weighted by molar-refractivity contribution is 7.13. The first-order valence-corrected chi connectivity index (χ1v) is 10.7. The number of nitrogens with zero attached hydrogens (tertiary/aromatic N) is 5. The van der Waals surface area contributed by atoms with Crippen LogP contribution >= 0.6 is 11.3 Å². The van der Waals surface area contributed by atoms with E-state index in [9.17, 15) is 4.79 Å². The van der Waals surface area contributed by atoms with Crippen molar-refractivity contribution in [2.45, 2.75) is 13.2 Å². The highest BCUT2D eigenvalue weighted by Crippen LogP contribution is 2.28. The second-order valence-electron chi connectivity index (χ2n) is 6.88. The number of benzene rings is 1. The molecule has 0 bridgehead atoms. The van der Waals surface area contributed by atoms with Crippen LogP contribution in [0.4, 0.5) is 0 Å². The van der Waals surface area contributed by atoms with Gasteiger partial charge < -0.3 is 9.26 Å². The Morgan fingerprint density at radius 1 is 1.09 bits per heavy atom. The number of pyridine rings is 1. The molecular formula is C23H17N5O3S. The molecule has 0 spiro atoms. The molecule has 0 fully saturated rings. The van der Waals surface area contributed by atoms with Gasteiger partial charge in [0.05, 0.1) is 11.4 Å². The van der Waals surface area contributed by atoms with E-state index in [-0.39, 0.29) is 12.5 Å². The van der Waals surface area contributed by atoms with Crippen LogP contribution in [0.3, 0.4) is 0 Å². The average molecular weight is 443 g/mol. The van der Waals surface area contributed by atoms with Crippen molar-refractivity contribution >= 4 is 17.3 Å². The Kier molecular flexibility index (Phi) is 5.54. The summed E-state index contributed by atoms with van der Waals surface area (Å²) in [6, 6.07) is 17.4. The molecule has 0 atom stereocenters. The minimum absolute atomic E-state index is 0.139. The Labute approximate surface area is 187 Å². The van der Waals surface area contributed by atoms with Crippen LogP contribution in [0, 0.1) is 0 Å². The molecule has 32 heavy (non-hydrogen) atoms. The van der Waals surface area contributed by atoms with Gasteiger partial charge in [0.1, 0.15) is 11.3 Å². The average Bonchev–Trinajstić information content (AvgIpc) is 3.59. The van der Waals surface area contributed by atoms with Gasteiger partial charge in [-0.3, -0.25) is 9.67 Å². The number of rotatable bonds is 7. The minimum atomic E-state index is -0.506. The van der Waals surface area contributed by atoms with Crippen molar-refractivity contribution in [2.75, 3.05) is 0 Å². The maximum Gasteiger partial charge on any atom is 0.342 e. The Morgan fingerprint density at radius 2 is 2.00 bits per heavy atom. The van der Waals surface area contributed by atoms with Gasteiger partial charge in [-0.05, 0) is 29.1 Å². The Bertz CT molecular complexity index is 1310. The lowest BCUT2D eigenvalue weighted by Gasteiger charge is -2.01. The van der Waals surface area contributed by atoms with Gasteiger partial charge in [-0.2, -0.15) is 10.1 Å². The van der Waals surface area contributed by atoms with Gasteiger partial charge in [0.2, 0.25) is 5.82 Å². The number of carbonyl (C=O) groups is 1. The zero-order valence-corrected chi connectivity index (χ0v) is 17.6. The van der Waals surface area contributed by atoms with Gasteiger partial charge in [0.25, 0.3) is 5.89 Å². The van der Waals surface area contributed by atoms with E-state index in [4.69, 9.17) is 9.26 Å². The van der Waals surface area contributed by atoms with Gasteiger partial charge in [0, 0.05) is 24.2 Å². The van der Waals surface area contributed by atoms with E-state index >= 15 is 0 Å². The summed E-state index contributed by atoms with van der Waals surface area (Å²) in [7, 11) is 0. The Morgan fingerprint density at radius 3 is 2.78 bits per heavy atom. The van der Waals surface area contributed by atoms with Crippen molar-refractivity contribution in [3.8, 4) is 22.0 Å². The largest absolute Gasteiger partial charge is 0.452 e. The van der Waals surface area contributed by atoms with Gasteiger partial charge in [-0.15, -0.1) is 11.3 Å². The molecule has 8 nitrogen and oxygen atoms in total. The van der Waals surface area contributed by atoms with E-state index in [1.54, 1.807) is 29.3 Å². The van der Waals surface area contributed by atoms with E-state index in [0.29, 0.717) is 23.6 Å². The zero-order valence-electron chi connectivity index (χ0n) is 16.8. The summed E-state index contributed by atoms with van der Waals surface area (Å²) in [5.74, 6) is 0.0829. The second kappa shape index (κ2) is 8.94. The molecule has 0 amide bonds. The number of hydrogen-bond acceptors (Lipinski definition) is 8. The molecule has 9 heteroatoms. The molecule has 0 aliphatic rings. The van der Waals surface area contributed by atoms with Crippen LogP contribution in [0.1, 0.15) is 21.8 Å². The molecule has 5 rings (SSSR count). The number of esters is 1. The highest BCUT2D eigenvalue weighted by Gasteiger charge is 2.21. The first-order chi connectivity index (χ1) is 15.8. The minimum Gasteiger partial charge on any atom is -0.452 e. The van der Waals surface area contributed by atoms with E-state index in [1.165, 1.54) is 11.3 Å². The van der Waals surface area contributed by atoms with Crippen molar-refractivity contribution in [1.29, 1.82) is 0 Å². The monoisotopic (exact) mass is 443 g/mol. The third-order valence-corrected chi connectivity index (χ3v) is 5.51. The topological polar surface area (TPSA) is 95.9 Å². The van der Waals surface area contributed by atoms with E-state index in [2.05, 4.69) is 20.2 Å². The predicted molar refractivity (Wildman–Crippen MR) is 118 cm³/mol. The highest BCUT2D eigenvalue weighted by atomic mass is 32.1. The Hall–Kier alpha value is -4.11. The molecule has 0 saturated carbocycles. The molecule has 0 saturated heterocycles. The number of carbonyl (C=O) groups excluding carboxylic acids is 1. The molecule has 1 aromatic carbocycles. The van der Waals surface area contributed by atoms with Crippen molar-refractivity contribution in [3.63, 3.8) is 0 Å². The normalized spacial score (nSPS) is 10.9. The smallest absolute Gasteiger partial charge is 0.342 e. The number of hydrogen-bond donors (Lipinski definition) is 0. The van der Waals surface area contributed by atoms with Crippen LogP contribution in [0.5, 0.6) is 0 Å². The van der Waals surface area contributed by atoms with E-state index in [0.717, 1.165) is 16.0 Å². The third-order valence-electron chi connectivity index (χ3n) is 4.64. The summed E-state index contributed by atoms with van der Waals surface area (Å²) in [5.41, 5.74) is 2.77. The molecule has 4 heterocycles. The third kappa shape index (κ3) is 4.33. The fourth-order valence-electron chi connectivity index (χ4n) is 3.15. The summed E-state index contributed by atoms with van der Waals surface area (Å²) in [5, 5.41) is 10.5. The van der Waals surface area contributed by atoms with Crippen LogP contribution in [-0.4, -0.2) is 30.9 Å². The van der Waals surface area contributed by atoms with Crippen molar-refractivity contribution in [1.82, 2.24) is 24.9 Å². The lowest BCUT2D eigenvalue weighted by Crippen LogP contribution is -2.06. The fraction of sp³-hybridized carbons (Fsp3) is 0.0870. The summed E-state index contributed by atoms with van der Waals surface area (Å²) in [6.07, 6.45) is 5.00. The number of aromatic nitrogens is 5. The van der Waals surface area contributed by atoms with Crippen LogP contribution in [0.15, 0.2) is 83.1 Å². The first-order valence-electron chi connectivity index (χ1n) is 9.81. The second-order valence-corrected chi connectivity index (χ2v) is 7.83. The summed E-state index contributed by atoms with van der Waals surface area (Å²) in [4.78, 5) is 22.1. The van der Waals surface area contributed by atoms with Gasteiger partial charge in [-0.25, -0.2) is 4.79 Å². The van der Waals surface area contributed by atoms with Crippen LogP contribution in [0.25, 0.3) is 22.0 Å². The number of thiophene rings is 1. The molecule has 0 aliphatic carbocycles. The zero-order chi connectivity index (χ0) is 21.8. The molecule has 0 aliphatic heterocycles. The lowest BCUT2D eigenvalue weighted by molar-refractivity contribution is 0.0430. The quantitative estimate of drug-likeness (QED) is 0.343.